The van der Waals surface area contributed by atoms with Crippen LogP contribution in [0.2, 0.25) is 0 Å². The summed E-state index contributed by atoms with van der Waals surface area (Å²) in [5, 5.41) is 15.6. The minimum absolute atomic E-state index is 0.212. The zero-order valence-electron chi connectivity index (χ0n) is 17.5. The van der Waals surface area contributed by atoms with Crippen LogP contribution in [-0.4, -0.2) is 37.1 Å². The SMILES string of the molecule is C=CCNc1nc(NCc2ccc(C3CCCCC3)cc2)nc2c1ncn2CC(=O)O. The molecule has 2 aromatic heterocycles. The van der Waals surface area contributed by atoms with Crippen LogP contribution in [0.25, 0.3) is 11.2 Å². The lowest BCUT2D eigenvalue weighted by atomic mass is 9.84. The van der Waals surface area contributed by atoms with Crippen molar-refractivity contribution in [3.8, 4) is 0 Å². The summed E-state index contributed by atoms with van der Waals surface area (Å²) < 4.78 is 1.50. The molecule has 31 heavy (non-hydrogen) atoms. The Labute approximate surface area is 181 Å². The van der Waals surface area contributed by atoms with Gasteiger partial charge in [-0.25, -0.2) is 4.98 Å². The van der Waals surface area contributed by atoms with Gasteiger partial charge in [0, 0.05) is 13.1 Å². The Morgan fingerprint density at radius 2 is 1.94 bits per heavy atom. The lowest BCUT2D eigenvalue weighted by molar-refractivity contribution is -0.137. The van der Waals surface area contributed by atoms with Crippen LogP contribution >= 0.6 is 0 Å². The number of nitrogens with zero attached hydrogens (tertiary/aromatic N) is 4. The van der Waals surface area contributed by atoms with E-state index in [1.807, 2.05) is 0 Å². The summed E-state index contributed by atoms with van der Waals surface area (Å²) in [5.41, 5.74) is 3.57. The highest BCUT2D eigenvalue weighted by Gasteiger charge is 2.16. The predicted octanol–water partition coefficient (Wildman–Crippen LogP) is 4.17. The van der Waals surface area contributed by atoms with E-state index >= 15 is 0 Å². The Morgan fingerprint density at radius 3 is 2.65 bits per heavy atom. The lowest BCUT2D eigenvalue weighted by Gasteiger charge is -2.22. The van der Waals surface area contributed by atoms with Gasteiger partial charge in [0.15, 0.2) is 17.0 Å². The third-order valence-electron chi connectivity index (χ3n) is 5.69. The van der Waals surface area contributed by atoms with Crippen molar-refractivity contribution >= 4 is 28.9 Å². The molecular weight excluding hydrogens is 392 g/mol. The molecule has 3 N–H and O–H groups in total. The molecule has 8 nitrogen and oxygen atoms in total. The van der Waals surface area contributed by atoms with Gasteiger partial charge < -0.3 is 20.3 Å². The maximum atomic E-state index is 11.2. The first-order chi connectivity index (χ1) is 15.1. The number of benzene rings is 1. The number of imidazole rings is 1. The molecule has 4 rings (SSSR count). The fourth-order valence-corrected chi connectivity index (χ4v) is 4.10. The summed E-state index contributed by atoms with van der Waals surface area (Å²) in [7, 11) is 0. The Morgan fingerprint density at radius 1 is 1.16 bits per heavy atom. The maximum absolute atomic E-state index is 11.2. The summed E-state index contributed by atoms with van der Waals surface area (Å²) in [6.07, 6.45) is 9.79. The fraction of sp³-hybridized carbons (Fsp3) is 0.391. The van der Waals surface area contributed by atoms with Crippen molar-refractivity contribution in [1.29, 1.82) is 0 Å². The number of carboxylic acid groups (broad SMARTS) is 1. The second-order valence-electron chi connectivity index (χ2n) is 7.93. The zero-order valence-corrected chi connectivity index (χ0v) is 17.5. The Kier molecular flexibility index (Phi) is 6.45. The molecule has 1 saturated carbocycles. The number of aliphatic carboxylic acids is 1. The Balaban J connectivity index is 1.51. The van der Waals surface area contributed by atoms with Crippen molar-refractivity contribution < 1.29 is 9.90 Å². The molecule has 0 spiro atoms. The summed E-state index contributed by atoms with van der Waals surface area (Å²) in [5.74, 6) is 0.701. The molecule has 1 fully saturated rings. The van der Waals surface area contributed by atoms with Gasteiger partial charge in [-0.3, -0.25) is 4.79 Å². The molecule has 1 aliphatic rings. The van der Waals surface area contributed by atoms with Crippen molar-refractivity contribution in [2.75, 3.05) is 17.2 Å². The highest BCUT2D eigenvalue weighted by molar-refractivity contribution is 5.85. The number of hydrogen-bond donors (Lipinski definition) is 3. The van der Waals surface area contributed by atoms with Gasteiger partial charge in [-0.1, -0.05) is 49.6 Å². The summed E-state index contributed by atoms with van der Waals surface area (Å²) >= 11 is 0. The monoisotopic (exact) mass is 420 g/mol. The molecule has 1 aromatic carbocycles. The summed E-state index contributed by atoms with van der Waals surface area (Å²) in [6, 6.07) is 8.77. The maximum Gasteiger partial charge on any atom is 0.323 e. The summed E-state index contributed by atoms with van der Waals surface area (Å²) in [4.78, 5) is 24.5. The first kappa shape index (κ1) is 20.8. The summed E-state index contributed by atoms with van der Waals surface area (Å²) in [6.45, 7) is 4.59. The smallest absolute Gasteiger partial charge is 0.323 e. The number of carbonyl (C=O) groups is 1. The minimum atomic E-state index is -0.953. The number of nitrogens with one attached hydrogen (secondary N) is 2. The van der Waals surface area contributed by atoms with E-state index in [2.05, 4.69) is 56.4 Å². The van der Waals surface area contributed by atoms with Crippen molar-refractivity contribution in [1.82, 2.24) is 19.5 Å². The van der Waals surface area contributed by atoms with Crippen LogP contribution in [0.1, 0.15) is 49.1 Å². The van der Waals surface area contributed by atoms with Crippen LogP contribution in [0.15, 0.2) is 43.2 Å². The number of fused-ring (bicyclic) bond motifs is 1. The second kappa shape index (κ2) is 9.59. The molecule has 2 heterocycles. The normalized spacial score (nSPS) is 14.5. The van der Waals surface area contributed by atoms with Gasteiger partial charge in [0.1, 0.15) is 6.54 Å². The van der Waals surface area contributed by atoms with Gasteiger partial charge >= 0.3 is 5.97 Å². The largest absolute Gasteiger partial charge is 0.480 e. The van der Waals surface area contributed by atoms with Crippen molar-refractivity contribution in [2.24, 2.45) is 0 Å². The minimum Gasteiger partial charge on any atom is -0.480 e. The van der Waals surface area contributed by atoms with Gasteiger partial charge in [0.25, 0.3) is 0 Å². The fourth-order valence-electron chi connectivity index (χ4n) is 4.10. The highest BCUT2D eigenvalue weighted by Crippen LogP contribution is 2.32. The van der Waals surface area contributed by atoms with Crippen molar-refractivity contribution in [3.63, 3.8) is 0 Å². The van der Waals surface area contributed by atoms with Crippen LogP contribution in [0.3, 0.4) is 0 Å². The molecule has 0 bridgehead atoms. The van der Waals surface area contributed by atoms with E-state index in [0.717, 1.165) is 5.56 Å². The van der Waals surface area contributed by atoms with Gasteiger partial charge in [0.2, 0.25) is 5.95 Å². The quantitative estimate of drug-likeness (QED) is 0.446. The lowest BCUT2D eigenvalue weighted by Crippen LogP contribution is -2.11. The van der Waals surface area contributed by atoms with E-state index in [0.29, 0.717) is 41.9 Å². The van der Waals surface area contributed by atoms with E-state index in [-0.39, 0.29) is 6.54 Å². The van der Waals surface area contributed by atoms with E-state index < -0.39 is 5.97 Å². The molecule has 0 saturated heterocycles. The first-order valence-electron chi connectivity index (χ1n) is 10.8. The number of hydrogen-bond acceptors (Lipinski definition) is 6. The average molecular weight is 421 g/mol. The Hall–Kier alpha value is -3.42. The third kappa shape index (κ3) is 5.02. The molecule has 0 amide bonds. The average Bonchev–Trinajstić information content (AvgIpc) is 3.19. The van der Waals surface area contributed by atoms with E-state index in [9.17, 15) is 4.79 Å². The van der Waals surface area contributed by atoms with Crippen LogP contribution in [0.4, 0.5) is 11.8 Å². The standard InChI is InChI=1S/C23H28N6O2/c1-2-12-24-21-20-22(29(15-26-20)14-19(30)31)28-23(27-21)25-13-16-8-10-18(11-9-16)17-6-4-3-5-7-17/h2,8-11,15,17H,1,3-7,12-14H2,(H,30,31)(H2,24,25,27,28). The molecule has 0 atom stereocenters. The van der Waals surface area contributed by atoms with Gasteiger partial charge in [0.05, 0.1) is 6.33 Å². The molecule has 1 aliphatic carbocycles. The van der Waals surface area contributed by atoms with E-state index in [1.165, 1.54) is 48.6 Å². The Bertz CT molecular complexity index is 1050. The van der Waals surface area contributed by atoms with E-state index in [4.69, 9.17) is 5.11 Å². The number of aromatic nitrogens is 4. The molecule has 3 aromatic rings. The second-order valence-corrected chi connectivity index (χ2v) is 7.93. The zero-order chi connectivity index (χ0) is 21.6. The van der Waals surface area contributed by atoms with Gasteiger partial charge in [-0.05, 0) is 29.9 Å². The van der Waals surface area contributed by atoms with Crippen molar-refractivity contribution in [3.05, 3.63) is 54.4 Å². The molecule has 0 unspecified atom stereocenters. The topological polar surface area (TPSA) is 105 Å². The molecule has 0 aliphatic heterocycles. The van der Waals surface area contributed by atoms with Gasteiger partial charge in [-0.2, -0.15) is 9.97 Å². The number of anilines is 2. The molecular formula is C23H28N6O2. The highest BCUT2D eigenvalue weighted by atomic mass is 16.4. The number of carboxylic acids is 1. The van der Waals surface area contributed by atoms with Crippen LogP contribution in [0.5, 0.6) is 0 Å². The molecule has 8 heteroatoms. The third-order valence-corrected chi connectivity index (χ3v) is 5.69. The molecule has 0 radical (unpaired) electrons. The van der Waals surface area contributed by atoms with Gasteiger partial charge in [-0.15, -0.1) is 6.58 Å². The first-order valence-corrected chi connectivity index (χ1v) is 10.8. The van der Waals surface area contributed by atoms with Crippen molar-refractivity contribution in [2.45, 2.75) is 51.1 Å². The number of rotatable bonds is 9. The predicted molar refractivity (Wildman–Crippen MR) is 121 cm³/mol. The molecule has 162 valence electrons. The van der Waals surface area contributed by atoms with Crippen LogP contribution < -0.4 is 10.6 Å². The van der Waals surface area contributed by atoms with Crippen LogP contribution in [-0.2, 0) is 17.9 Å². The van der Waals surface area contributed by atoms with Crippen LogP contribution in [0, 0.1) is 0 Å². The van der Waals surface area contributed by atoms with E-state index in [1.54, 1.807) is 6.08 Å².